The fraction of sp³-hybridized carbons (Fsp3) is 0.182. The van der Waals surface area contributed by atoms with E-state index in [4.69, 9.17) is 9.84 Å². The topological polar surface area (TPSA) is 67.5 Å². The molecule has 0 saturated heterocycles. The first-order chi connectivity index (χ1) is 7.76. The highest BCUT2D eigenvalue weighted by Gasteiger charge is 2.11. The zero-order valence-corrected chi connectivity index (χ0v) is 8.79. The van der Waals surface area contributed by atoms with Crippen molar-refractivity contribution in [3.63, 3.8) is 0 Å². The maximum absolute atomic E-state index is 9.37. The van der Waals surface area contributed by atoms with Crippen LogP contribution in [0, 0.1) is 0 Å². The van der Waals surface area contributed by atoms with E-state index in [1.54, 1.807) is 24.3 Å². The van der Waals surface area contributed by atoms with Crippen molar-refractivity contribution in [1.29, 1.82) is 0 Å². The SMILES string of the molecule is COc1c(CO)cnn1-c1cccc(O)c1. The number of rotatable bonds is 3. The summed E-state index contributed by atoms with van der Waals surface area (Å²) in [6.07, 6.45) is 1.53. The minimum absolute atomic E-state index is 0.137. The van der Waals surface area contributed by atoms with Gasteiger partial charge >= 0.3 is 0 Å². The van der Waals surface area contributed by atoms with Crippen LogP contribution in [0.15, 0.2) is 30.5 Å². The Morgan fingerprint density at radius 1 is 1.44 bits per heavy atom. The third-order valence-electron chi connectivity index (χ3n) is 2.23. The van der Waals surface area contributed by atoms with E-state index in [-0.39, 0.29) is 12.4 Å². The molecule has 5 nitrogen and oxygen atoms in total. The van der Waals surface area contributed by atoms with E-state index in [1.807, 2.05) is 0 Å². The van der Waals surface area contributed by atoms with Gasteiger partial charge in [0.05, 0.1) is 31.2 Å². The van der Waals surface area contributed by atoms with Crippen LogP contribution in [0.25, 0.3) is 5.69 Å². The van der Waals surface area contributed by atoms with Crippen molar-refractivity contribution in [2.24, 2.45) is 0 Å². The Hall–Kier alpha value is -2.01. The molecule has 0 amide bonds. The maximum atomic E-state index is 9.37. The number of nitrogens with zero attached hydrogens (tertiary/aromatic N) is 2. The number of hydrogen-bond acceptors (Lipinski definition) is 4. The highest BCUT2D eigenvalue weighted by Crippen LogP contribution is 2.24. The molecular weight excluding hydrogens is 208 g/mol. The summed E-state index contributed by atoms with van der Waals surface area (Å²) in [5.74, 6) is 0.619. The van der Waals surface area contributed by atoms with Crippen molar-refractivity contribution in [2.75, 3.05) is 7.11 Å². The van der Waals surface area contributed by atoms with Crippen LogP contribution in [0.4, 0.5) is 0 Å². The summed E-state index contributed by atoms with van der Waals surface area (Å²) in [6.45, 7) is -0.137. The summed E-state index contributed by atoms with van der Waals surface area (Å²) >= 11 is 0. The first-order valence-corrected chi connectivity index (χ1v) is 4.77. The highest BCUT2D eigenvalue weighted by molar-refractivity contribution is 5.42. The Kier molecular flexibility index (Phi) is 2.78. The van der Waals surface area contributed by atoms with Crippen molar-refractivity contribution < 1.29 is 14.9 Å². The smallest absolute Gasteiger partial charge is 0.222 e. The van der Waals surface area contributed by atoms with E-state index in [9.17, 15) is 5.11 Å². The molecule has 0 bridgehead atoms. The molecule has 84 valence electrons. The third kappa shape index (κ3) is 1.72. The second kappa shape index (κ2) is 4.24. The van der Waals surface area contributed by atoms with Gasteiger partial charge in [-0.2, -0.15) is 5.10 Å². The second-order valence-corrected chi connectivity index (χ2v) is 3.27. The molecule has 0 aliphatic rings. The zero-order valence-electron chi connectivity index (χ0n) is 8.79. The van der Waals surface area contributed by atoms with Crippen LogP contribution in [0.1, 0.15) is 5.56 Å². The molecule has 2 N–H and O–H groups in total. The molecular formula is C11H12N2O3. The van der Waals surface area contributed by atoms with E-state index >= 15 is 0 Å². The molecule has 0 atom stereocenters. The Morgan fingerprint density at radius 3 is 2.88 bits per heavy atom. The molecule has 1 aromatic heterocycles. The summed E-state index contributed by atoms with van der Waals surface area (Å²) in [5.41, 5.74) is 1.28. The number of ether oxygens (including phenoxy) is 1. The number of aliphatic hydroxyl groups is 1. The third-order valence-corrected chi connectivity index (χ3v) is 2.23. The van der Waals surface area contributed by atoms with Crippen LogP contribution in [0.3, 0.4) is 0 Å². The van der Waals surface area contributed by atoms with Gasteiger partial charge in [0.2, 0.25) is 5.88 Å². The number of aliphatic hydroxyl groups excluding tert-OH is 1. The van der Waals surface area contributed by atoms with Crippen LogP contribution in [-0.2, 0) is 6.61 Å². The Bertz CT molecular complexity index is 494. The first kappa shape index (κ1) is 10.5. The van der Waals surface area contributed by atoms with Crippen LogP contribution >= 0.6 is 0 Å². The number of phenols is 1. The molecule has 0 saturated carbocycles. The van der Waals surface area contributed by atoms with Crippen molar-refractivity contribution in [3.05, 3.63) is 36.0 Å². The molecule has 1 aromatic carbocycles. The van der Waals surface area contributed by atoms with Gasteiger partial charge < -0.3 is 14.9 Å². The van der Waals surface area contributed by atoms with E-state index in [0.29, 0.717) is 17.1 Å². The van der Waals surface area contributed by atoms with Gasteiger partial charge in [-0.1, -0.05) is 6.07 Å². The van der Waals surface area contributed by atoms with Crippen molar-refractivity contribution >= 4 is 0 Å². The van der Waals surface area contributed by atoms with Gasteiger partial charge in [-0.15, -0.1) is 0 Å². The number of aromatic hydroxyl groups is 1. The lowest BCUT2D eigenvalue weighted by Crippen LogP contribution is -2.00. The van der Waals surface area contributed by atoms with E-state index < -0.39 is 0 Å². The number of benzene rings is 1. The van der Waals surface area contributed by atoms with Crippen LogP contribution in [0.2, 0.25) is 0 Å². The fourth-order valence-electron chi connectivity index (χ4n) is 1.51. The minimum Gasteiger partial charge on any atom is -0.508 e. The van der Waals surface area contributed by atoms with Crippen molar-refractivity contribution in [3.8, 4) is 17.3 Å². The summed E-state index contributed by atoms with van der Waals surface area (Å²) in [6, 6.07) is 6.64. The molecule has 0 spiro atoms. The molecule has 0 radical (unpaired) electrons. The molecule has 16 heavy (non-hydrogen) atoms. The molecule has 1 heterocycles. The van der Waals surface area contributed by atoms with Gasteiger partial charge in [0, 0.05) is 6.07 Å². The normalized spacial score (nSPS) is 10.4. The Morgan fingerprint density at radius 2 is 2.25 bits per heavy atom. The lowest BCUT2D eigenvalue weighted by Gasteiger charge is -2.07. The van der Waals surface area contributed by atoms with Gasteiger partial charge in [-0.3, -0.25) is 0 Å². The fourth-order valence-corrected chi connectivity index (χ4v) is 1.51. The number of aromatic nitrogens is 2. The molecule has 0 fully saturated rings. The number of hydrogen-bond donors (Lipinski definition) is 2. The average molecular weight is 220 g/mol. The Balaban J connectivity index is 2.51. The summed E-state index contributed by atoms with van der Waals surface area (Å²) in [4.78, 5) is 0. The molecule has 2 aromatic rings. The van der Waals surface area contributed by atoms with Crippen LogP contribution in [0.5, 0.6) is 11.6 Å². The first-order valence-electron chi connectivity index (χ1n) is 4.77. The molecule has 2 rings (SSSR count). The second-order valence-electron chi connectivity index (χ2n) is 3.27. The van der Waals surface area contributed by atoms with E-state index in [2.05, 4.69) is 5.10 Å². The maximum Gasteiger partial charge on any atom is 0.222 e. The van der Waals surface area contributed by atoms with Gasteiger partial charge in [-0.25, -0.2) is 4.68 Å². The average Bonchev–Trinajstić information content (AvgIpc) is 2.71. The monoisotopic (exact) mass is 220 g/mol. The lowest BCUT2D eigenvalue weighted by molar-refractivity contribution is 0.272. The standard InChI is InChI=1S/C11H12N2O3/c1-16-11-8(7-14)6-12-13(11)9-3-2-4-10(15)5-9/h2-6,14-15H,7H2,1H3. The summed E-state index contributed by atoms with van der Waals surface area (Å²) in [7, 11) is 1.51. The highest BCUT2D eigenvalue weighted by atomic mass is 16.5. The van der Waals surface area contributed by atoms with Gasteiger partial charge in [-0.05, 0) is 12.1 Å². The van der Waals surface area contributed by atoms with E-state index in [0.717, 1.165) is 0 Å². The summed E-state index contributed by atoms with van der Waals surface area (Å²) in [5, 5.41) is 22.5. The molecule has 0 aliphatic heterocycles. The predicted octanol–water partition coefficient (Wildman–Crippen LogP) is 1.08. The Labute approximate surface area is 92.5 Å². The van der Waals surface area contributed by atoms with Gasteiger partial charge in [0.25, 0.3) is 0 Å². The molecule has 0 aliphatic carbocycles. The summed E-state index contributed by atoms with van der Waals surface area (Å²) < 4.78 is 6.68. The van der Waals surface area contributed by atoms with Crippen LogP contribution in [-0.4, -0.2) is 27.1 Å². The van der Waals surface area contributed by atoms with Crippen molar-refractivity contribution in [2.45, 2.75) is 6.61 Å². The predicted molar refractivity (Wildman–Crippen MR) is 57.7 cm³/mol. The van der Waals surface area contributed by atoms with Crippen LogP contribution < -0.4 is 4.74 Å². The van der Waals surface area contributed by atoms with Gasteiger partial charge in [0.1, 0.15) is 5.75 Å². The molecule has 0 unspecified atom stereocenters. The van der Waals surface area contributed by atoms with Crippen molar-refractivity contribution in [1.82, 2.24) is 9.78 Å². The van der Waals surface area contributed by atoms with Gasteiger partial charge in [0.15, 0.2) is 0 Å². The zero-order chi connectivity index (χ0) is 11.5. The number of methoxy groups -OCH3 is 1. The van der Waals surface area contributed by atoms with E-state index in [1.165, 1.54) is 18.0 Å². The number of phenolic OH excluding ortho intramolecular Hbond substituents is 1. The quantitative estimate of drug-likeness (QED) is 0.812. The molecule has 5 heteroatoms. The minimum atomic E-state index is -0.137. The lowest BCUT2D eigenvalue weighted by atomic mass is 10.3. The largest absolute Gasteiger partial charge is 0.508 e.